The molecule has 1 aliphatic rings. The van der Waals surface area contributed by atoms with E-state index in [9.17, 15) is 18.3 Å². The van der Waals surface area contributed by atoms with Crippen molar-refractivity contribution in [3.8, 4) is 5.75 Å². The van der Waals surface area contributed by atoms with Gasteiger partial charge in [-0.25, -0.2) is 0 Å². The third-order valence-corrected chi connectivity index (χ3v) is 2.84. The van der Waals surface area contributed by atoms with Crippen LogP contribution in [-0.4, -0.2) is 18.1 Å². The van der Waals surface area contributed by atoms with Gasteiger partial charge in [-0.1, -0.05) is 18.2 Å². The van der Waals surface area contributed by atoms with Crippen molar-refractivity contribution in [2.24, 2.45) is 0 Å². The van der Waals surface area contributed by atoms with E-state index in [1.54, 1.807) is 12.1 Å². The van der Waals surface area contributed by atoms with Crippen molar-refractivity contribution in [2.75, 3.05) is 6.61 Å². The van der Waals surface area contributed by atoms with Crippen molar-refractivity contribution >= 4 is 0 Å². The zero-order valence-corrected chi connectivity index (χ0v) is 8.42. The van der Waals surface area contributed by atoms with Gasteiger partial charge < -0.3 is 9.84 Å². The van der Waals surface area contributed by atoms with E-state index in [1.807, 2.05) is 0 Å². The van der Waals surface area contributed by atoms with Gasteiger partial charge in [-0.3, -0.25) is 0 Å². The van der Waals surface area contributed by atoms with Gasteiger partial charge in [0, 0.05) is 11.0 Å². The summed E-state index contributed by atoms with van der Waals surface area (Å²) in [5, 5.41) is 9.20. The van der Waals surface area contributed by atoms with Crippen molar-refractivity contribution < 1.29 is 23.0 Å². The Hall–Kier alpha value is -1.23. The van der Waals surface area contributed by atoms with Crippen LogP contribution < -0.4 is 4.74 Å². The smallest absolute Gasteiger partial charge is 0.405 e. The van der Waals surface area contributed by atoms with E-state index in [2.05, 4.69) is 4.74 Å². The van der Waals surface area contributed by atoms with Gasteiger partial charge in [-0.15, -0.1) is 13.2 Å². The molecule has 0 saturated heterocycles. The minimum absolute atomic E-state index is 0.148. The Bertz CT molecular complexity index is 383. The molecule has 1 aromatic rings. The van der Waals surface area contributed by atoms with Crippen molar-refractivity contribution in [1.82, 2.24) is 0 Å². The fourth-order valence-corrected chi connectivity index (χ4v) is 1.78. The maximum Gasteiger partial charge on any atom is 0.573 e. The minimum Gasteiger partial charge on any atom is -0.405 e. The summed E-state index contributed by atoms with van der Waals surface area (Å²) in [6, 6.07) is 5.98. The molecule has 0 bridgehead atoms. The monoisotopic (exact) mass is 232 g/mol. The average Bonchev–Trinajstić information content (AvgIpc) is 2.97. The molecule has 1 aliphatic carbocycles. The summed E-state index contributed by atoms with van der Waals surface area (Å²) in [6.45, 7) is -0.148. The van der Waals surface area contributed by atoms with Gasteiger partial charge in [0.05, 0.1) is 6.61 Å². The first-order chi connectivity index (χ1) is 7.47. The molecule has 0 spiro atoms. The maximum absolute atomic E-state index is 12.1. The molecular formula is C11H11F3O2. The molecule has 5 heteroatoms. The summed E-state index contributed by atoms with van der Waals surface area (Å²) >= 11 is 0. The van der Waals surface area contributed by atoms with E-state index in [0.717, 1.165) is 0 Å². The number of rotatable bonds is 3. The van der Waals surface area contributed by atoms with E-state index in [4.69, 9.17) is 0 Å². The number of hydrogen-bond donors (Lipinski definition) is 1. The van der Waals surface area contributed by atoms with Crippen LogP contribution in [0.25, 0.3) is 0 Å². The molecule has 0 heterocycles. The molecule has 0 amide bonds. The Labute approximate surface area is 90.7 Å². The van der Waals surface area contributed by atoms with Gasteiger partial charge in [0.25, 0.3) is 0 Å². The van der Waals surface area contributed by atoms with Gasteiger partial charge in [0.15, 0.2) is 0 Å². The minimum atomic E-state index is -4.69. The lowest BCUT2D eigenvalue weighted by molar-refractivity contribution is -0.275. The summed E-state index contributed by atoms with van der Waals surface area (Å²) in [4.78, 5) is 0. The lowest BCUT2D eigenvalue weighted by Crippen LogP contribution is -2.21. The number of para-hydroxylation sites is 1. The zero-order chi connectivity index (χ0) is 11.8. The molecule has 0 atom stereocenters. The normalized spacial score (nSPS) is 18.2. The number of aliphatic hydroxyl groups is 1. The predicted octanol–water partition coefficient (Wildman–Crippen LogP) is 2.61. The van der Waals surface area contributed by atoms with Crippen molar-refractivity contribution in [3.63, 3.8) is 0 Å². The largest absolute Gasteiger partial charge is 0.573 e. The number of alkyl halides is 3. The molecule has 1 N–H and O–H groups in total. The van der Waals surface area contributed by atoms with Crippen LogP contribution in [0, 0.1) is 0 Å². The predicted molar refractivity (Wildman–Crippen MR) is 51.1 cm³/mol. The summed E-state index contributed by atoms with van der Waals surface area (Å²) in [6.07, 6.45) is -3.30. The summed E-state index contributed by atoms with van der Waals surface area (Å²) in [7, 11) is 0. The van der Waals surface area contributed by atoms with E-state index >= 15 is 0 Å². The first kappa shape index (κ1) is 11.3. The van der Waals surface area contributed by atoms with Crippen LogP contribution in [-0.2, 0) is 5.41 Å². The first-order valence-corrected chi connectivity index (χ1v) is 4.93. The average molecular weight is 232 g/mol. The number of halogens is 3. The molecule has 2 rings (SSSR count). The Morgan fingerprint density at radius 2 is 1.88 bits per heavy atom. The number of aliphatic hydroxyl groups excluding tert-OH is 1. The van der Waals surface area contributed by atoms with Crippen molar-refractivity contribution in [2.45, 2.75) is 24.6 Å². The molecule has 0 unspecified atom stereocenters. The van der Waals surface area contributed by atoms with Crippen molar-refractivity contribution in [1.29, 1.82) is 0 Å². The third kappa shape index (κ3) is 2.14. The molecular weight excluding hydrogens is 221 g/mol. The highest BCUT2D eigenvalue weighted by Gasteiger charge is 2.46. The molecule has 0 aliphatic heterocycles. The Morgan fingerprint density at radius 3 is 2.38 bits per heavy atom. The van der Waals surface area contributed by atoms with Gasteiger partial charge >= 0.3 is 6.36 Å². The second-order valence-electron chi connectivity index (χ2n) is 3.98. The van der Waals surface area contributed by atoms with Crippen LogP contribution in [0.1, 0.15) is 18.4 Å². The van der Waals surface area contributed by atoms with Crippen LogP contribution in [0.5, 0.6) is 5.75 Å². The quantitative estimate of drug-likeness (QED) is 0.868. The van der Waals surface area contributed by atoms with Crippen LogP contribution >= 0.6 is 0 Å². The van der Waals surface area contributed by atoms with Gasteiger partial charge in [0.2, 0.25) is 0 Å². The first-order valence-electron chi connectivity index (χ1n) is 4.93. The Morgan fingerprint density at radius 1 is 1.25 bits per heavy atom. The van der Waals surface area contributed by atoms with Gasteiger partial charge in [-0.05, 0) is 18.9 Å². The van der Waals surface area contributed by atoms with Crippen LogP contribution in [0.4, 0.5) is 13.2 Å². The lowest BCUT2D eigenvalue weighted by atomic mass is 9.96. The highest BCUT2D eigenvalue weighted by molar-refractivity contribution is 5.43. The van der Waals surface area contributed by atoms with Gasteiger partial charge in [-0.2, -0.15) is 0 Å². The van der Waals surface area contributed by atoms with Crippen molar-refractivity contribution in [3.05, 3.63) is 29.8 Å². The summed E-state index contributed by atoms with van der Waals surface area (Å²) in [5.74, 6) is -0.207. The van der Waals surface area contributed by atoms with E-state index in [0.29, 0.717) is 18.4 Å². The van der Waals surface area contributed by atoms with E-state index < -0.39 is 11.8 Å². The fourth-order valence-electron chi connectivity index (χ4n) is 1.78. The second kappa shape index (κ2) is 3.66. The van der Waals surface area contributed by atoms with E-state index in [1.165, 1.54) is 12.1 Å². The molecule has 88 valence electrons. The van der Waals surface area contributed by atoms with Gasteiger partial charge in [0.1, 0.15) is 5.75 Å². The topological polar surface area (TPSA) is 29.5 Å². The van der Waals surface area contributed by atoms with E-state index in [-0.39, 0.29) is 12.4 Å². The molecule has 0 aromatic heterocycles. The summed E-state index contributed by atoms with van der Waals surface area (Å²) < 4.78 is 40.4. The zero-order valence-electron chi connectivity index (χ0n) is 8.42. The number of hydrogen-bond acceptors (Lipinski definition) is 2. The third-order valence-electron chi connectivity index (χ3n) is 2.84. The molecule has 2 nitrogen and oxygen atoms in total. The maximum atomic E-state index is 12.1. The molecule has 16 heavy (non-hydrogen) atoms. The standard InChI is InChI=1S/C11H11F3O2/c12-11(13,14)16-9-4-2-1-3-8(9)10(7-15)5-6-10/h1-4,15H,5-7H2. The Balaban J connectivity index is 2.32. The molecule has 1 aromatic carbocycles. The second-order valence-corrected chi connectivity index (χ2v) is 3.98. The Kier molecular flexibility index (Phi) is 2.58. The number of ether oxygens (including phenoxy) is 1. The molecule has 0 radical (unpaired) electrons. The van der Waals surface area contributed by atoms with Crippen LogP contribution in [0.15, 0.2) is 24.3 Å². The fraction of sp³-hybridized carbons (Fsp3) is 0.455. The van der Waals surface area contributed by atoms with Crippen LogP contribution in [0.2, 0.25) is 0 Å². The SMILES string of the molecule is OCC1(c2ccccc2OC(F)(F)F)CC1. The lowest BCUT2D eigenvalue weighted by Gasteiger charge is -2.18. The number of benzene rings is 1. The summed E-state index contributed by atoms with van der Waals surface area (Å²) in [5.41, 5.74) is -0.0863. The molecule has 1 fully saturated rings. The highest BCUT2D eigenvalue weighted by atomic mass is 19.4. The molecule has 1 saturated carbocycles. The highest BCUT2D eigenvalue weighted by Crippen LogP contribution is 2.51. The van der Waals surface area contributed by atoms with Crippen LogP contribution in [0.3, 0.4) is 0 Å².